The highest BCUT2D eigenvalue weighted by Gasteiger charge is 2.16. The molecule has 0 radical (unpaired) electrons. The lowest BCUT2D eigenvalue weighted by molar-refractivity contribution is -0.116. The number of nitrogens with one attached hydrogen (secondary N) is 2. The summed E-state index contributed by atoms with van der Waals surface area (Å²) in [6.45, 7) is 4.90. The van der Waals surface area contributed by atoms with Gasteiger partial charge in [0, 0.05) is 21.9 Å². The molecule has 5 nitrogen and oxygen atoms in total. The number of anilines is 2. The average molecular weight is 391 g/mol. The lowest BCUT2D eigenvalue weighted by Gasteiger charge is -2.20. The molecule has 0 fully saturated rings. The van der Waals surface area contributed by atoms with Crippen LogP contribution in [-0.4, -0.2) is 25.2 Å². The van der Waals surface area contributed by atoms with Crippen molar-refractivity contribution in [1.29, 1.82) is 0 Å². The predicted octanol–water partition coefficient (Wildman–Crippen LogP) is 3.97. The zero-order chi connectivity index (χ0) is 17.1. The van der Waals surface area contributed by atoms with Crippen LogP contribution in [0.15, 0.2) is 40.9 Å². The molecule has 1 aliphatic heterocycles. The van der Waals surface area contributed by atoms with E-state index in [9.17, 15) is 4.79 Å². The van der Waals surface area contributed by atoms with E-state index in [0.29, 0.717) is 30.4 Å². The van der Waals surface area contributed by atoms with E-state index in [1.165, 1.54) is 0 Å². The van der Waals surface area contributed by atoms with Crippen LogP contribution in [0.2, 0.25) is 0 Å². The Labute approximate surface area is 149 Å². The topological polar surface area (TPSA) is 59.6 Å². The number of halogens is 1. The molecular formula is C18H19BrN2O3. The van der Waals surface area contributed by atoms with Crippen LogP contribution in [0.5, 0.6) is 11.5 Å². The van der Waals surface area contributed by atoms with Crippen molar-refractivity contribution in [2.75, 3.05) is 23.8 Å². The Morgan fingerprint density at radius 1 is 1.08 bits per heavy atom. The van der Waals surface area contributed by atoms with E-state index < -0.39 is 0 Å². The Hall–Kier alpha value is -2.21. The number of hydrogen-bond acceptors (Lipinski definition) is 4. The van der Waals surface area contributed by atoms with Gasteiger partial charge in [-0.1, -0.05) is 15.9 Å². The molecule has 0 bridgehead atoms. The number of fused-ring (bicyclic) bond motifs is 1. The fourth-order valence-corrected chi connectivity index (χ4v) is 2.67. The summed E-state index contributed by atoms with van der Waals surface area (Å²) in [6, 6.07) is 10.9. The van der Waals surface area contributed by atoms with Crippen molar-refractivity contribution in [3.8, 4) is 11.5 Å². The van der Waals surface area contributed by atoms with Gasteiger partial charge in [-0.05, 0) is 49.7 Å². The van der Waals surface area contributed by atoms with Crippen molar-refractivity contribution in [2.45, 2.75) is 19.9 Å². The normalized spacial score (nSPS) is 14.0. The number of rotatable bonds is 4. The quantitative estimate of drug-likeness (QED) is 0.828. The predicted molar refractivity (Wildman–Crippen MR) is 98.0 cm³/mol. The maximum Gasteiger partial charge on any atom is 0.246 e. The third-order valence-corrected chi connectivity index (χ3v) is 4.63. The fraction of sp³-hybridized carbons (Fsp3) is 0.278. The lowest BCUT2D eigenvalue weighted by atomic mass is 10.2. The van der Waals surface area contributed by atoms with Gasteiger partial charge in [-0.2, -0.15) is 0 Å². The Kier molecular flexibility index (Phi) is 4.94. The van der Waals surface area contributed by atoms with Gasteiger partial charge in [-0.3, -0.25) is 4.79 Å². The van der Waals surface area contributed by atoms with E-state index >= 15 is 0 Å². The molecule has 24 heavy (non-hydrogen) atoms. The van der Waals surface area contributed by atoms with Gasteiger partial charge in [0.1, 0.15) is 19.3 Å². The molecule has 1 atom stereocenters. The first-order valence-electron chi connectivity index (χ1n) is 7.76. The van der Waals surface area contributed by atoms with E-state index in [2.05, 4.69) is 26.6 Å². The van der Waals surface area contributed by atoms with Crippen LogP contribution in [0, 0.1) is 6.92 Å². The van der Waals surface area contributed by atoms with E-state index in [1.807, 2.05) is 38.1 Å². The highest BCUT2D eigenvalue weighted by atomic mass is 79.9. The molecule has 1 heterocycles. The Bertz CT molecular complexity index is 764. The van der Waals surface area contributed by atoms with Crippen molar-refractivity contribution in [1.82, 2.24) is 0 Å². The van der Waals surface area contributed by atoms with E-state index in [4.69, 9.17) is 9.47 Å². The van der Waals surface area contributed by atoms with Crippen LogP contribution in [0.3, 0.4) is 0 Å². The molecule has 1 aliphatic rings. The summed E-state index contributed by atoms with van der Waals surface area (Å²) in [5, 5.41) is 6.10. The highest BCUT2D eigenvalue weighted by molar-refractivity contribution is 9.10. The Balaban J connectivity index is 1.64. The van der Waals surface area contributed by atoms with E-state index in [1.54, 1.807) is 12.1 Å². The summed E-state index contributed by atoms with van der Waals surface area (Å²) in [4.78, 5) is 12.4. The molecule has 0 aromatic heterocycles. The standard InChI is InChI=1S/C18H19BrN2O3/c1-11-9-13(3-5-15(11)19)20-12(2)18(22)21-14-4-6-16-17(10-14)24-8-7-23-16/h3-6,9-10,12,20H,7-8H2,1-2H3,(H,21,22)/t12-/m0/s1. The van der Waals surface area contributed by atoms with Gasteiger partial charge in [0.15, 0.2) is 11.5 Å². The number of carbonyl (C=O) groups excluding carboxylic acids is 1. The molecule has 0 saturated carbocycles. The Morgan fingerprint density at radius 2 is 1.79 bits per heavy atom. The minimum Gasteiger partial charge on any atom is -0.486 e. The summed E-state index contributed by atoms with van der Waals surface area (Å²) in [7, 11) is 0. The van der Waals surface area contributed by atoms with Gasteiger partial charge < -0.3 is 20.1 Å². The molecule has 2 aromatic carbocycles. The number of carbonyl (C=O) groups is 1. The zero-order valence-corrected chi connectivity index (χ0v) is 15.1. The molecule has 126 valence electrons. The molecule has 0 spiro atoms. The van der Waals surface area contributed by atoms with Gasteiger partial charge in [0.2, 0.25) is 5.91 Å². The summed E-state index contributed by atoms with van der Waals surface area (Å²) >= 11 is 3.47. The lowest BCUT2D eigenvalue weighted by Crippen LogP contribution is -2.31. The molecule has 0 unspecified atom stereocenters. The number of benzene rings is 2. The van der Waals surface area contributed by atoms with Crippen molar-refractivity contribution in [3.63, 3.8) is 0 Å². The first-order valence-corrected chi connectivity index (χ1v) is 8.55. The van der Waals surface area contributed by atoms with Crippen molar-refractivity contribution in [3.05, 3.63) is 46.4 Å². The second-order valence-corrected chi connectivity index (χ2v) is 6.53. The fourth-order valence-electron chi connectivity index (χ4n) is 2.42. The minimum atomic E-state index is -0.376. The number of hydrogen-bond donors (Lipinski definition) is 2. The molecular weight excluding hydrogens is 372 g/mol. The first kappa shape index (κ1) is 16.6. The largest absolute Gasteiger partial charge is 0.486 e. The summed E-state index contributed by atoms with van der Waals surface area (Å²) in [5.41, 5.74) is 2.70. The van der Waals surface area contributed by atoms with Gasteiger partial charge in [0.25, 0.3) is 0 Å². The van der Waals surface area contributed by atoms with Crippen LogP contribution in [0.4, 0.5) is 11.4 Å². The maximum atomic E-state index is 12.4. The van der Waals surface area contributed by atoms with Gasteiger partial charge in [0.05, 0.1) is 0 Å². The van der Waals surface area contributed by atoms with Crippen LogP contribution >= 0.6 is 15.9 Å². The third-order valence-electron chi connectivity index (χ3n) is 3.74. The third kappa shape index (κ3) is 3.82. The second kappa shape index (κ2) is 7.13. The highest BCUT2D eigenvalue weighted by Crippen LogP contribution is 2.32. The number of ether oxygens (including phenoxy) is 2. The zero-order valence-electron chi connectivity index (χ0n) is 13.6. The van der Waals surface area contributed by atoms with Crippen LogP contribution in [0.25, 0.3) is 0 Å². The van der Waals surface area contributed by atoms with Crippen LogP contribution in [0.1, 0.15) is 12.5 Å². The molecule has 3 rings (SSSR count). The number of amides is 1. The molecule has 0 saturated heterocycles. The van der Waals surface area contributed by atoms with Gasteiger partial charge >= 0.3 is 0 Å². The minimum absolute atomic E-state index is 0.118. The Morgan fingerprint density at radius 3 is 2.54 bits per heavy atom. The molecule has 6 heteroatoms. The van der Waals surface area contributed by atoms with Crippen molar-refractivity contribution >= 4 is 33.2 Å². The second-order valence-electron chi connectivity index (χ2n) is 5.68. The van der Waals surface area contributed by atoms with Gasteiger partial charge in [-0.15, -0.1) is 0 Å². The first-order chi connectivity index (χ1) is 11.5. The molecule has 0 aliphatic carbocycles. The average Bonchev–Trinajstić information content (AvgIpc) is 2.58. The van der Waals surface area contributed by atoms with Crippen LogP contribution < -0.4 is 20.1 Å². The molecule has 2 N–H and O–H groups in total. The maximum absolute atomic E-state index is 12.4. The summed E-state index contributed by atoms with van der Waals surface area (Å²) < 4.78 is 12.0. The SMILES string of the molecule is Cc1cc(N[C@@H](C)C(=O)Nc2ccc3c(c2)OCCO3)ccc1Br. The van der Waals surface area contributed by atoms with E-state index in [0.717, 1.165) is 15.7 Å². The number of aryl methyl sites for hydroxylation is 1. The van der Waals surface area contributed by atoms with E-state index in [-0.39, 0.29) is 11.9 Å². The molecule has 1 amide bonds. The summed E-state index contributed by atoms with van der Waals surface area (Å²) in [6.07, 6.45) is 0. The van der Waals surface area contributed by atoms with Crippen molar-refractivity contribution in [2.24, 2.45) is 0 Å². The van der Waals surface area contributed by atoms with Crippen LogP contribution in [-0.2, 0) is 4.79 Å². The monoisotopic (exact) mass is 390 g/mol. The molecule has 2 aromatic rings. The van der Waals surface area contributed by atoms with Crippen molar-refractivity contribution < 1.29 is 14.3 Å². The van der Waals surface area contributed by atoms with Gasteiger partial charge in [-0.25, -0.2) is 0 Å². The smallest absolute Gasteiger partial charge is 0.246 e. The summed E-state index contributed by atoms with van der Waals surface area (Å²) in [5.74, 6) is 1.24.